The van der Waals surface area contributed by atoms with E-state index in [9.17, 15) is 18.8 Å². The molecular weight excluding hydrogens is 393 g/mol. The number of carbonyl (C=O) groups is 2. The first kappa shape index (κ1) is 21.2. The zero-order valence-corrected chi connectivity index (χ0v) is 16.3. The fourth-order valence-electron chi connectivity index (χ4n) is 3.54. The monoisotopic (exact) mass is 415 g/mol. The van der Waals surface area contributed by atoms with Gasteiger partial charge < -0.3 is 16.2 Å². The third kappa shape index (κ3) is 4.37. The molecule has 158 valence electrons. The van der Waals surface area contributed by atoms with Crippen LogP contribution < -0.4 is 16.6 Å². The van der Waals surface area contributed by atoms with Crippen molar-refractivity contribution in [2.75, 3.05) is 0 Å². The van der Waals surface area contributed by atoms with Gasteiger partial charge in [0.15, 0.2) is 0 Å². The average Bonchev–Trinajstić information content (AvgIpc) is 2.70. The zero-order chi connectivity index (χ0) is 22.0. The van der Waals surface area contributed by atoms with Gasteiger partial charge in [-0.2, -0.15) is 5.10 Å². The SMILES string of the molecule is Cn1nc(-c2ccc(C(=N)N)cc2F)cc(C(=O)N[C@H]2CC[C@H](C(=O)O)CC2)c1=O. The highest BCUT2D eigenvalue weighted by molar-refractivity contribution is 5.96. The predicted molar refractivity (Wildman–Crippen MR) is 107 cm³/mol. The number of carboxylic acid groups (broad SMARTS) is 1. The number of hydrogen-bond acceptors (Lipinski definition) is 5. The Morgan fingerprint density at radius 2 is 1.93 bits per heavy atom. The second-order valence-electron chi connectivity index (χ2n) is 7.34. The van der Waals surface area contributed by atoms with Crippen molar-refractivity contribution in [3.8, 4) is 11.3 Å². The molecule has 0 spiro atoms. The highest BCUT2D eigenvalue weighted by Gasteiger charge is 2.27. The smallest absolute Gasteiger partial charge is 0.306 e. The molecule has 0 radical (unpaired) electrons. The third-order valence-corrected chi connectivity index (χ3v) is 5.28. The average molecular weight is 415 g/mol. The van der Waals surface area contributed by atoms with Gasteiger partial charge in [0.25, 0.3) is 11.5 Å². The van der Waals surface area contributed by atoms with Gasteiger partial charge in [-0.3, -0.25) is 19.8 Å². The van der Waals surface area contributed by atoms with Crippen LogP contribution >= 0.6 is 0 Å². The molecule has 1 heterocycles. The molecule has 1 fully saturated rings. The lowest BCUT2D eigenvalue weighted by atomic mass is 9.86. The molecule has 0 atom stereocenters. The summed E-state index contributed by atoms with van der Waals surface area (Å²) in [4.78, 5) is 36.2. The number of rotatable bonds is 5. The number of nitrogens with one attached hydrogen (secondary N) is 2. The molecule has 10 heteroatoms. The van der Waals surface area contributed by atoms with Gasteiger partial charge in [-0.15, -0.1) is 0 Å². The number of aromatic nitrogens is 2. The van der Waals surface area contributed by atoms with Crippen molar-refractivity contribution in [1.82, 2.24) is 15.1 Å². The first-order chi connectivity index (χ1) is 14.2. The third-order valence-electron chi connectivity index (χ3n) is 5.28. The lowest BCUT2D eigenvalue weighted by Gasteiger charge is -2.26. The van der Waals surface area contributed by atoms with Crippen LogP contribution in [-0.4, -0.2) is 38.6 Å². The maximum Gasteiger partial charge on any atom is 0.306 e. The second-order valence-corrected chi connectivity index (χ2v) is 7.34. The molecule has 0 unspecified atom stereocenters. The van der Waals surface area contributed by atoms with E-state index in [-0.39, 0.29) is 34.3 Å². The first-order valence-electron chi connectivity index (χ1n) is 9.43. The number of nitrogens with zero attached hydrogens (tertiary/aromatic N) is 2. The normalized spacial score (nSPS) is 18.6. The van der Waals surface area contributed by atoms with E-state index >= 15 is 0 Å². The maximum atomic E-state index is 14.5. The fraction of sp³-hybridized carbons (Fsp3) is 0.350. The molecule has 1 aliphatic rings. The van der Waals surface area contributed by atoms with Crippen molar-refractivity contribution in [2.45, 2.75) is 31.7 Å². The van der Waals surface area contributed by atoms with Crippen molar-refractivity contribution in [3.05, 3.63) is 51.6 Å². The van der Waals surface area contributed by atoms with Gasteiger partial charge in [0, 0.05) is 24.2 Å². The Labute approximate surface area is 171 Å². The summed E-state index contributed by atoms with van der Waals surface area (Å²) in [6.07, 6.45) is 1.91. The van der Waals surface area contributed by atoms with Crippen LogP contribution in [0.1, 0.15) is 41.6 Å². The number of halogens is 1. The van der Waals surface area contributed by atoms with Gasteiger partial charge >= 0.3 is 5.97 Å². The number of aliphatic carboxylic acids is 1. The Hall–Kier alpha value is -3.56. The lowest BCUT2D eigenvalue weighted by Crippen LogP contribution is -2.41. The van der Waals surface area contributed by atoms with Crippen LogP contribution in [0, 0.1) is 17.1 Å². The number of aryl methyl sites for hydroxylation is 1. The molecule has 0 bridgehead atoms. The van der Waals surface area contributed by atoms with Gasteiger partial charge in [0.1, 0.15) is 17.2 Å². The number of nitrogens with two attached hydrogens (primary N) is 1. The molecule has 1 saturated carbocycles. The number of carbonyl (C=O) groups excluding carboxylic acids is 1. The van der Waals surface area contributed by atoms with Gasteiger partial charge in [-0.25, -0.2) is 9.07 Å². The Morgan fingerprint density at radius 1 is 1.27 bits per heavy atom. The highest BCUT2D eigenvalue weighted by atomic mass is 19.1. The Morgan fingerprint density at radius 3 is 2.50 bits per heavy atom. The molecule has 0 saturated heterocycles. The van der Waals surface area contributed by atoms with E-state index in [1.807, 2.05) is 0 Å². The summed E-state index contributed by atoms with van der Waals surface area (Å²) in [5, 5.41) is 23.3. The van der Waals surface area contributed by atoms with Gasteiger partial charge in [-0.1, -0.05) is 6.07 Å². The lowest BCUT2D eigenvalue weighted by molar-refractivity contribution is -0.142. The van der Waals surface area contributed by atoms with Crippen LogP contribution in [0.15, 0.2) is 29.1 Å². The highest BCUT2D eigenvalue weighted by Crippen LogP contribution is 2.25. The quantitative estimate of drug-likeness (QED) is 0.426. The van der Waals surface area contributed by atoms with Crippen LogP contribution in [0.3, 0.4) is 0 Å². The Kier molecular flexibility index (Phi) is 5.95. The minimum absolute atomic E-state index is 0.0617. The number of amides is 1. The van der Waals surface area contributed by atoms with E-state index in [1.165, 1.54) is 25.2 Å². The fourth-order valence-corrected chi connectivity index (χ4v) is 3.54. The molecule has 2 aromatic rings. The van der Waals surface area contributed by atoms with Crippen molar-refractivity contribution >= 4 is 17.7 Å². The van der Waals surface area contributed by atoms with E-state index in [0.717, 1.165) is 10.7 Å². The standard InChI is InChI=1S/C20H22FN5O4/c1-26-19(28)14(18(27)24-12-5-2-10(3-6-12)20(29)30)9-16(25-26)13-7-4-11(17(22)23)8-15(13)21/h4,7-10,12H,2-3,5-6H2,1H3,(H3,22,23)(H,24,27)(H,29,30)/t10-,12-. The minimum atomic E-state index is -0.842. The molecule has 1 aromatic carbocycles. The second kappa shape index (κ2) is 8.44. The number of carboxylic acids is 1. The van der Waals surface area contributed by atoms with Crippen molar-refractivity contribution in [3.63, 3.8) is 0 Å². The Balaban J connectivity index is 1.85. The molecule has 1 aromatic heterocycles. The number of hydrogen-bond donors (Lipinski definition) is 4. The molecule has 0 aliphatic heterocycles. The summed E-state index contributed by atoms with van der Waals surface area (Å²) >= 11 is 0. The zero-order valence-electron chi connectivity index (χ0n) is 16.3. The van der Waals surface area contributed by atoms with E-state index in [4.69, 9.17) is 16.2 Å². The van der Waals surface area contributed by atoms with Gasteiger partial charge in [0.2, 0.25) is 0 Å². The molecule has 3 rings (SSSR count). The molecular formula is C20H22FN5O4. The topological polar surface area (TPSA) is 151 Å². The molecule has 1 aliphatic carbocycles. The van der Waals surface area contributed by atoms with Crippen LogP contribution in [-0.2, 0) is 11.8 Å². The predicted octanol–water partition coefficient (Wildman–Crippen LogP) is 1.24. The van der Waals surface area contributed by atoms with Crippen molar-refractivity contribution < 1.29 is 19.1 Å². The number of amidine groups is 1. The van der Waals surface area contributed by atoms with E-state index < -0.39 is 29.2 Å². The van der Waals surface area contributed by atoms with Crippen LogP contribution in [0.5, 0.6) is 0 Å². The summed E-state index contributed by atoms with van der Waals surface area (Å²) in [5.74, 6) is -2.85. The molecule has 5 N–H and O–H groups in total. The van der Waals surface area contributed by atoms with E-state index in [1.54, 1.807) is 0 Å². The number of benzene rings is 1. The van der Waals surface area contributed by atoms with Gasteiger partial charge in [0.05, 0.1) is 11.6 Å². The van der Waals surface area contributed by atoms with E-state index in [0.29, 0.717) is 25.7 Å². The summed E-state index contributed by atoms with van der Waals surface area (Å²) in [6.45, 7) is 0. The first-order valence-corrected chi connectivity index (χ1v) is 9.43. The Bertz CT molecular complexity index is 1070. The van der Waals surface area contributed by atoms with Crippen molar-refractivity contribution in [2.24, 2.45) is 18.7 Å². The molecule has 9 nitrogen and oxygen atoms in total. The minimum Gasteiger partial charge on any atom is -0.481 e. The summed E-state index contributed by atoms with van der Waals surface area (Å²) in [5.41, 5.74) is 4.91. The van der Waals surface area contributed by atoms with E-state index in [2.05, 4.69) is 10.4 Å². The largest absolute Gasteiger partial charge is 0.481 e. The summed E-state index contributed by atoms with van der Waals surface area (Å²) in [6, 6.07) is 4.92. The maximum absolute atomic E-state index is 14.5. The number of nitrogen functional groups attached to an aromatic ring is 1. The van der Waals surface area contributed by atoms with Gasteiger partial charge in [-0.05, 0) is 43.9 Å². The molecule has 1 amide bonds. The summed E-state index contributed by atoms with van der Waals surface area (Å²) < 4.78 is 15.5. The summed E-state index contributed by atoms with van der Waals surface area (Å²) in [7, 11) is 1.36. The van der Waals surface area contributed by atoms with Crippen LogP contribution in [0.4, 0.5) is 4.39 Å². The van der Waals surface area contributed by atoms with Crippen molar-refractivity contribution in [1.29, 1.82) is 5.41 Å². The van der Waals surface area contributed by atoms with Crippen LogP contribution in [0.2, 0.25) is 0 Å². The molecule has 30 heavy (non-hydrogen) atoms. The van der Waals surface area contributed by atoms with Crippen LogP contribution in [0.25, 0.3) is 11.3 Å².